The van der Waals surface area contributed by atoms with Crippen LogP contribution in [-0.2, 0) is 4.43 Å². The van der Waals surface area contributed by atoms with Gasteiger partial charge in [0.1, 0.15) is 5.76 Å². The molecule has 0 N–H and O–H groups in total. The van der Waals surface area contributed by atoms with E-state index in [1.165, 1.54) is 0 Å². The highest BCUT2D eigenvalue weighted by molar-refractivity contribution is 6.70. The number of hydrogen-bond acceptors (Lipinski definition) is 3. The summed E-state index contributed by atoms with van der Waals surface area (Å²) in [4.78, 5) is 0. The average molecular weight is 328 g/mol. The molecule has 122 valence electrons. The van der Waals surface area contributed by atoms with E-state index in [0.29, 0.717) is 5.75 Å². The standard InChI is InChI=1S/C19H24O3Si/c1-20-17-12-11-15(14-19(17)21-2)13-18(22-23(3,4)5)16-9-7-6-8-10-16/h6-14H,1-5H3/b18-13+. The van der Waals surface area contributed by atoms with Crippen molar-refractivity contribution in [3.8, 4) is 11.5 Å². The van der Waals surface area contributed by atoms with E-state index in [9.17, 15) is 0 Å². The molecule has 23 heavy (non-hydrogen) atoms. The van der Waals surface area contributed by atoms with Crippen LogP contribution in [0.4, 0.5) is 0 Å². The molecule has 0 aliphatic carbocycles. The van der Waals surface area contributed by atoms with Gasteiger partial charge in [0.25, 0.3) is 0 Å². The highest BCUT2D eigenvalue weighted by Crippen LogP contribution is 2.30. The van der Waals surface area contributed by atoms with Crippen LogP contribution in [0.25, 0.3) is 11.8 Å². The Morgan fingerprint density at radius 1 is 0.870 bits per heavy atom. The summed E-state index contributed by atoms with van der Waals surface area (Å²) < 4.78 is 17.0. The van der Waals surface area contributed by atoms with Crippen LogP contribution in [-0.4, -0.2) is 22.5 Å². The van der Waals surface area contributed by atoms with Crippen molar-refractivity contribution < 1.29 is 13.9 Å². The Morgan fingerprint density at radius 3 is 2.09 bits per heavy atom. The van der Waals surface area contributed by atoms with Gasteiger partial charge in [-0.1, -0.05) is 36.4 Å². The molecule has 0 fully saturated rings. The zero-order valence-electron chi connectivity index (χ0n) is 14.4. The van der Waals surface area contributed by atoms with E-state index >= 15 is 0 Å². The number of methoxy groups -OCH3 is 2. The van der Waals surface area contributed by atoms with Crippen molar-refractivity contribution in [3.05, 3.63) is 59.7 Å². The summed E-state index contributed by atoms with van der Waals surface area (Å²) >= 11 is 0. The van der Waals surface area contributed by atoms with Gasteiger partial charge in [-0.25, -0.2) is 0 Å². The lowest BCUT2D eigenvalue weighted by Gasteiger charge is -2.22. The molecular weight excluding hydrogens is 304 g/mol. The van der Waals surface area contributed by atoms with Gasteiger partial charge < -0.3 is 13.9 Å². The summed E-state index contributed by atoms with van der Waals surface area (Å²) in [6.45, 7) is 6.54. The first-order valence-corrected chi connectivity index (χ1v) is 11.0. The van der Waals surface area contributed by atoms with Crippen LogP contribution in [0.5, 0.6) is 11.5 Å². The molecule has 0 spiro atoms. The summed E-state index contributed by atoms with van der Waals surface area (Å²) in [6, 6.07) is 16.0. The molecule has 0 radical (unpaired) electrons. The molecule has 0 aliphatic rings. The summed E-state index contributed by atoms with van der Waals surface area (Å²) in [5, 5.41) is 0. The van der Waals surface area contributed by atoms with Crippen molar-refractivity contribution >= 4 is 20.2 Å². The monoisotopic (exact) mass is 328 g/mol. The van der Waals surface area contributed by atoms with Crippen LogP contribution in [0.3, 0.4) is 0 Å². The van der Waals surface area contributed by atoms with Gasteiger partial charge in [0.15, 0.2) is 11.5 Å². The third-order valence-corrected chi connectivity index (χ3v) is 4.01. The zero-order chi connectivity index (χ0) is 16.9. The first kappa shape index (κ1) is 17.2. The van der Waals surface area contributed by atoms with Gasteiger partial charge in [0, 0.05) is 5.56 Å². The largest absolute Gasteiger partial charge is 0.544 e. The Balaban J connectivity index is 2.44. The van der Waals surface area contributed by atoms with Crippen LogP contribution in [0, 0.1) is 0 Å². The summed E-state index contributed by atoms with van der Waals surface area (Å²) in [5.74, 6) is 2.32. The molecule has 2 aromatic rings. The quantitative estimate of drug-likeness (QED) is 0.422. The summed E-state index contributed by atoms with van der Waals surface area (Å²) in [6.07, 6.45) is 2.05. The van der Waals surface area contributed by atoms with E-state index in [2.05, 4.69) is 37.8 Å². The van der Waals surface area contributed by atoms with Crippen LogP contribution in [0.1, 0.15) is 11.1 Å². The zero-order valence-corrected chi connectivity index (χ0v) is 15.4. The summed E-state index contributed by atoms with van der Waals surface area (Å²) in [5.41, 5.74) is 2.09. The molecule has 0 atom stereocenters. The minimum absolute atomic E-state index is 0.710. The lowest BCUT2D eigenvalue weighted by molar-refractivity contribution is 0.355. The van der Waals surface area contributed by atoms with Crippen LogP contribution in [0.15, 0.2) is 48.5 Å². The third-order valence-electron chi connectivity index (χ3n) is 3.18. The van der Waals surface area contributed by atoms with Gasteiger partial charge in [-0.05, 0) is 43.4 Å². The average Bonchev–Trinajstić information content (AvgIpc) is 2.53. The first-order valence-electron chi connectivity index (χ1n) is 7.61. The molecule has 0 bridgehead atoms. The second-order valence-electron chi connectivity index (χ2n) is 6.20. The second kappa shape index (κ2) is 7.37. The second-order valence-corrected chi connectivity index (χ2v) is 10.6. The highest BCUT2D eigenvalue weighted by atomic mass is 28.4. The molecular formula is C19H24O3Si. The minimum Gasteiger partial charge on any atom is -0.544 e. The fourth-order valence-electron chi connectivity index (χ4n) is 2.20. The van der Waals surface area contributed by atoms with Crippen molar-refractivity contribution in [2.75, 3.05) is 14.2 Å². The lowest BCUT2D eigenvalue weighted by atomic mass is 10.1. The van der Waals surface area contributed by atoms with Crippen LogP contribution in [0.2, 0.25) is 19.6 Å². The molecule has 0 saturated heterocycles. The topological polar surface area (TPSA) is 27.7 Å². The smallest absolute Gasteiger partial charge is 0.242 e. The molecule has 0 aliphatic heterocycles. The van der Waals surface area contributed by atoms with Crippen LogP contribution < -0.4 is 9.47 Å². The van der Waals surface area contributed by atoms with Gasteiger partial charge in [0.05, 0.1) is 14.2 Å². The maximum absolute atomic E-state index is 6.29. The molecule has 0 heterocycles. The first-order chi connectivity index (χ1) is 10.9. The molecule has 3 nitrogen and oxygen atoms in total. The Bertz CT molecular complexity index is 673. The van der Waals surface area contributed by atoms with Crippen molar-refractivity contribution in [1.82, 2.24) is 0 Å². The maximum atomic E-state index is 6.29. The Kier molecular flexibility index (Phi) is 5.50. The van der Waals surface area contributed by atoms with Crippen molar-refractivity contribution in [2.24, 2.45) is 0 Å². The lowest BCUT2D eigenvalue weighted by Crippen LogP contribution is -2.24. The molecule has 4 heteroatoms. The summed E-state index contributed by atoms with van der Waals surface area (Å²) in [7, 11) is 1.56. The maximum Gasteiger partial charge on any atom is 0.242 e. The Morgan fingerprint density at radius 2 is 1.52 bits per heavy atom. The molecule has 0 unspecified atom stereocenters. The normalized spacial score (nSPS) is 12.0. The molecule has 2 aromatic carbocycles. The Labute approximate surface area is 139 Å². The number of benzene rings is 2. The number of rotatable bonds is 6. The van der Waals surface area contributed by atoms with E-state index in [-0.39, 0.29) is 0 Å². The van der Waals surface area contributed by atoms with Crippen LogP contribution >= 0.6 is 0 Å². The van der Waals surface area contributed by atoms with E-state index < -0.39 is 8.32 Å². The van der Waals surface area contributed by atoms with E-state index in [1.54, 1.807) is 14.2 Å². The molecule has 0 saturated carbocycles. The van der Waals surface area contributed by atoms with E-state index in [4.69, 9.17) is 13.9 Å². The third kappa shape index (κ3) is 4.89. The molecule has 2 rings (SSSR count). The van der Waals surface area contributed by atoms with Gasteiger partial charge in [-0.3, -0.25) is 0 Å². The fourth-order valence-corrected chi connectivity index (χ4v) is 3.03. The predicted octanol–water partition coefficient (Wildman–Crippen LogP) is 5.05. The number of hydrogen-bond donors (Lipinski definition) is 0. The van der Waals surface area contributed by atoms with Crippen molar-refractivity contribution in [3.63, 3.8) is 0 Å². The van der Waals surface area contributed by atoms with Crippen molar-refractivity contribution in [2.45, 2.75) is 19.6 Å². The fraction of sp³-hybridized carbons (Fsp3) is 0.263. The highest BCUT2D eigenvalue weighted by Gasteiger charge is 2.18. The van der Waals surface area contributed by atoms with Crippen molar-refractivity contribution in [1.29, 1.82) is 0 Å². The van der Waals surface area contributed by atoms with Gasteiger partial charge in [0.2, 0.25) is 8.32 Å². The molecule has 0 aromatic heterocycles. The number of ether oxygens (including phenoxy) is 2. The SMILES string of the molecule is COc1ccc(/C=C(/O[Si](C)(C)C)c2ccccc2)cc1OC. The molecule has 0 amide bonds. The van der Waals surface area contributed by atoms with Gasteiger partial charge in [-0.2, -0.15) is 0 Å². The minimum atomic E-state index is -1.72. The van der Waals surface area contributed by atoms with E-state index in [0.717, 1.165) is 22.6 Å². The van der Waals surface area contributed by atoms with Gasteiger partial charge >= 0.3 is 0 Å². The van der Waals surface area contributed by atoms with Gasteiger partial charge in [-0.15, -0.1) is 0 Å². The Hall–Kier alpha value is -2.20. The van der Waals surface area contributed by atoms with E-state index in [1.807, 2.05) is 36.4 Å². The predicted molar refractivity (Wildman–Crippen MR) is 98.3 cm³/mol.